The van der Waals surface area contributed by atoms with E-state index in [9.17, 15) is 9.59 Å². The predicted molar refractivity (Wildman–Crippen MR) is 83.8 cm³/mol. The van der Waals surface area contributed by atoms with Crippen molar-refractivity contribution in [2.45, 2.75) is 31.7 Å². The fourth-order valence-electron chi connectivity index (χ4n) is 2.52. The summed E-state index contributed by atoms with van der Waals surface area (Å²) in [4.78, 5) is 23.6. The van der Waals surface area contributed by atoms with Crippen LogP contribution in [0.4, 0.5) is 0 Å². The number of nitrogens with zero attached hydrogens (tertiary/aromatic N) is 1. The second-order valence-corrected chi connectivity index (χ2v) is 5.33. The van der Waals surface area contributed by atoms with E-state index < -0.39 is 0 Å². The topological polar surface area (TPSA) is 82.0 Å². The number of nitriles is 1. The minimum atomic E-state index is -0.329. The lowest BCUT2D eigenvalue weighted by molar-refractivity contribution is -0.117. The molecule has 0 aliphatic heterocycles. The van der Waals surface area contributed by atoms with E-state index in [1.54, 1.807) is 31.3 Å². The number of carbonyl (C=O) groups excluding carboxylic acids is 2. The molecule has 1 aromatic carbocycles. The van der Waals surface area contributed by atoms with E-state index in [0.717, 1.165) is 25.7 Å². The van der Waals surface area contributed by atoms with Gasteiger partial charge >= 0.3 is 0 Å². The standard InChI is InChI=1S/C17H19N3O2/c1-19-16(21)13-8-6-12(7-9-13)10-14(11-18)17(22)20-15-4-2-3-5-15/h6-10,15H,2-5H2,1H3,(H,19,21)(H,20,22)/b14-10+. The number of rotatable bonds is 4. The second kappa shape index (κ2) is 7.41. The van der Waals surface area contributed by atoms with Crippen molar-refractivity contribution in [2.75, 3.05) is 7.05 Å². The van der Waals surface area contributed by atoms with Crippen LogP contribution in [0.1, 0.15) is 41.6 Å². The zero-order valence-corrected chi connectivity index (χ0v) is 12.6. The van der Waals surface area contributed by atoms with Crippen molar-refractivity contribution in [3.05, 3.63) is 41.0 Å². The molecule has 1 aromatic rings. The Bertz CT molecular complexity index is 620. The van der Waals surface area contributed by atoms with E-state index in [2.05, 4.69) is 10.6 Å². The Labute approximate surface area is 130 Å². The van der Waals surface area contributed by atoms with Crippen LogP contribution in [-0.2, 0) is 4.79 Å². The van der Waals surface area contributed by atoms with Crippen LogP contribution in [0, 0.1) is 11.3 Å². The lowest BCUT2D eigenvalue weighted by atomic mass is 10.1. The Morgan fingerprint density at radius 1 is 1.23 bits per heavy atom. The van der Waals surface area contributed by atoms with Gasteiger partial charge in [-0.25, -0.2) is 0 Å². The number of amides is 2. The van der Waals surface area contributed by atoms with Gasteiger partial charge in [0.25, 0.3) is 11.8 Å². The quantitative estimate of drug-likeness (QED) is 0.659. The molecular formula is C17H19N3O2. The van der Waals surface area contributed by atoms with Crippen LogP contribution in [0.15, 0.2) is 29.8 Å². The maximum Gasteiger partial charge on any atom is 0.262 e. The van der Waals surface area contributed by atoms with Crippen LogP contribution >= 0.6 is 0 Å². The summed E-state index contributed by atoms with van der Waals surface area (Å²) in [7, 11) is 1.57. The third-order valence-electron chi connectivity index (χ3n) is 3.77. The van der Waals surface area contributed by atoms with Crippen LogP contribution < -0.4 is 10.6 Å². The Morgan fingerprint density at radius 3 is 2.41 bits per heavy atom. The van der Waals surface area contributed by atoms with Gasteiger partial charge in [-0.2, -0.15) is 5.26 Å². The molecule has 0 unspecified atom stereocenters. The molecule has 114 valence electrons. The summed E-state index contributed by atoms with van der Waals surface area (Å²) in [5.41, 5.74) is 1.33. The van der Waals surface area contributed by atoms with E-state index in [-0.39, 0.29) is 23.4 Å². The first-order valence-electron chi connectivity index (χ1n) is 7.39. The first-order valence-corrected chi connectivity index (χ1v) is 7.39. The highest BCUT2D eigenvalue weighted by Crippen LogP contribution is 2.18. The summed E-state index contributed by atoms with van der Waals surface area (Å²) in [5, 5.41) is 14.6. The smallest absolute Gasteiger partial charge is 0.262 e. The van der Waals surface area contributed by atoms with E-state index >= 15 is 0 Å². The normalized spacial score (nSPS) is 15.2. The molecule has 0 spiro atoms. The number of benzene rings is 1. The van der Waals surface area contributed by atoms with E-state index in [0.29, 0.717) is 11.1 Å². The van der Waals surface area contributed by atoms with Gasteiger partial charge < -0.3 is 10.6 Å². The largest absolute Gasteiger partial charge is 0.355 e. The fourth-order valence-corrected chi connectivity index (χ4v) is 2.52. The van der Waals surface area contributed by atoms with Crippen molar-refractivity contribution in [3.63, 3.8) is 0 Å². The zero-order valence-electron chi connectivity index (χ0n) is 12.6. The summed E-state index contributed by atoms with van der Waals surface area (Å²) < 4.78 is 0. The van der Waals surface area contributed by atoms with Gasteiger partial charge in [0.1, 0.15) is 11.6 Å². The fraction of sp³-hybridized carbons (Fsp3) is 0.353. The zero-order chi connectivity index (χ0) is 15.9. The van der Waals surface area contributed by atoms with Gasteiger partial charge in [0.2, 0.25) is 0 Å². The molecule has 0 aromatic heterocycles. The molecule has 1 fully saturated rings. The van der Waals surface area contributed by atoms with Gasteiger partial charge in [-0.15, -0.1) is 0 Å². The molecule has 0 bridgehead atoms. The Balaban J connectivity index is 2.09. The molecule has 0 radical (unpaired) electrons. The number of hydrogen-bond acceptors (Lipinski definition) is 3. The predicted octanol–water partition coefficient (Wildman–Crippen LogP) is 2.01. The van der Waals surface area contributed by atoms with E-state index in [1.807, 2.05) is 6.07 Å². The van der Waals surface area contributed by atoms with Gasteiger partial charge in [0, 0.05) is 18.7 Å². The molecule has 5 heteroatoms. The number of carbonyl (C=O) groups is 2. The first-order chi connectivity index (χ1) is 10.6. The van der Waals surface area contributed by atoms with Crippen LogP contribution in [0.5, 0.6) is 0 Å². The summed E-state index contributed by atoms with van der Waals surface area (Å²) in [6.07, 6.45) is 5.74. The molecule has 0 heterocycles. The van der Waals surface area contributed by atoms with Crippen molar-refractivity contribution in [2.24, 2.45) is 0 Å². The average molecular weight is 297 g/mol. The second-order valence-electron chi connectivity index (χ2n) is 5.33. The van der Waals surface area contributed by atoms with Crippen molar-refractivity contribution in [3.8, 4) is 6.07 Å². The van der Waals surface area contributed by atoms with Crippen molar-refractivity contribution >= 4 is 17.9 Å². The molecule has 2 amide bonds. The summed E-state index contributed by atoms with van der Waals surface area (Å²) in [5.74, 6) is -0.500. The highest BCUT2D eigenvalue weighted by Gasteiger charge is 2.19. The lowest BCUT2D eigenvalue weighted by Crippen LogP contribution is -2.33. The molecule has 1 aliphatic carbocycles. The van der Waals surface area contributed by atoms with Gasteiger partial charge in [0.15, 0.2) is 0 Å². The first kappa shape index (κ1) is 15.8. The van der Waals surface area contributed by atoms with E-state index in [4.69, 9.17) is 5.26 Å². The average Bonchev–Trinajstić information content (AvgIpc) is 3.05. The Hall–Kier alpha value is -2.61. The highest BCUT2D eigenvalue weighted by molar-refractivity contribution is 6.02. The third-order valence-corrected chi connectivity index (χ3v) is 3.77. The molecule has 1 saturated carbocycles. The molecule has 5 nitrogen and oxygen atoms in total. The van der Waals surface area contributed by atoms with Crippen molar-refractivity contribution < 1.29 is 9.59 Å². The van der Waals surface area contributed by atoms with Crippen LogP contribution in [0.2, 0.25) is 0 Å². The van der Waals surface area contributed by atoms with Gasteiger partial charge in [-0.3, -0.25) is 9.59 Å². The molecular weight excluding hydrogens is 278 g/mol. The van der Waals surface area contributed by atoms with Crippen molar-refractivity contribution in [1.29, 1.82) is 5.26 Å². The third kappa shape index (κ3) is 3.95. The number of nitrogens with one attached hydrogen (secondary N) is 2. The summed E-state index contributed by atoms with van der Waals surface area (Å²) in [6, 6.07) is 8.87. The van der Waals surface area contributed by atoms with Gasteiger partial charge in [0.05, 0.1) is 0 Å². The highest BCUT2D eigenvalue weighted by atomic mass is 16.2. The maximum atomic E-state index is 12.1. The van der Waals surface area contributed by atoms with Gasteiger partial charge in [-0.05, 0) is 36.6 Å². The lowest BCUT2D eigenvalue weighted by Gasteiger charge is -2.11. The van der Waals surface area contributed by atoms with Crippen molar-refractivity contribution in [1.82, 2.24) is 10.6 Å². The molecule has 0 saturated heterocycles. The van der Waals surface area contributed by atoms with Crippen LogP contribution in [-0.4, -0.2) is 24.9 Å². The SMILES string of the molecule is CNC(=O)c1ccc(/C=C(\C#N)C(=O)NC2CCCC2)cc1. The van der Waals surface area contributed by atoms with Crippen LogP contribution in [0.3, 0.4) is 0 Å². The maximum absolute atomic E-state index is 12.1. The molecule has 2 rings (SSSR count). The summed E-state index contributed by atoms with van der Waals surface area (Å²) >= 11 is 0. The summed E-state index contributed by atoms with van der Waals surface area (Å²) in [6.45, 7) is 0. The Kier molecular flexibility index (Phi) is 5.31. The molecule has 0 atom stereocenters. The minimum Gasteiger partial charge on any atom is -0.355 e. The molecule has 2 N–H and O–H groups in total. The molecule has 1 aliphatic rings. The monoisotopic (exact) mass is 297 g/mol. The van der Waals surface area contributed by atoms with Gasteiger partial charge in [-0.1, -0.05) is 25.0 Å². The minimum absolute atomic E-state index is 0.0830. The number of hydrogen-bond donors (Lipinski definition) is 2. The van der Waals surface area contributed by atoms with E-state index in [1.165, 1.54) is 6.08 Å². The Morgan fingerprint density at radius 2 is 1.86 bits per heavy atom. The molecule has 22 heavy (non-hydrogen) atoms. The van der Waals surface area contributed by atoms with Crippen LogP contribution in [0.25, 0.3) is 6.08 Å².